The lowest BCUT2D eigenvalue weighted by Gasteiger charge is -2.28. The number of furan rings is 1. The fourth-order valence-electron chi connectivity index (χ4n) is 4.52. The number of aromatic nitrogens is 1. The Morgan fingerprint density at radius 1 is 0.900 bits per heavy atom. The predicted molar refractivity (Wildman–Crippen MR) is 153 cm³/mol. The highest BCUT2D eigenvalue weighted by Crippen LogP contribution is 2.18. The van der Waals surface area contributed by atoms with Gasteiger partial charge in [-0.05, 0) is 60.9 Å². The van der Waals surface area contributed by atoms with Crippen molar-refractivity contribution in [2.75, 3.05) is 33.4 Å². The summed E-state index contributed by atoms with van der Waals surface area (Å²) in [5, 5.41) is 0. The van der Waals surface area contributed by atoms with E-state index in [1.807, 2.05) is 73.8 Å². The second-order valence-electron chi connectivity index (χ2n) is 9.47. The van der Waals surface area contributed by atoms with Crippen molar-refractivity contribution < 1.29 is 23.5 Å². The first kappa shape index (κ1) is 28.7. The van der Waals surface area contributed by atoms with E-state index in [1.165, 1.54) is 6.26 Å². The molecule has 0 aliphatic heterocycles. The Balaban J connectivity index is 1.54. The van der Waals surface area contributed by atoms with Crippen LogP contribution in [0.4, 0.5) is 0 Å². The number of carbonyl (C=O) groups excluding carboxylic acids is 2. The van der Waals surface area contributed by atoms with E-state index < -0.39 is 0 Å². The van der Waals surface area contributed by atoms with Crippen molar-refractivity contribution in [1.82, 2.24) is 14.4 Å². The maximum Gasteiger partial charge on any atom is 0.290 e. The van der Waals surface area contributed by atoms with Crippen molar-refractivity contribution in [1.29, 1.82) is 0 Å². The standard InChI is InChI=1S/C32H37N3O5/c1-3-39-19-10-18-34(32(37)30-16-9-20-40-30)25-31(36)35(22-26-11-5-4-6-12-26)24-28-14-8-17-33(28)23-27-13-7-15-29(21-27)38-2/h4-9,11-17,20-21H,3,10,18-19,22-25H2,1-2H3. The van der Waals surface area contributed by atoms with Gasteiger partial charge in [0.15, 0.2) is 5.76 Å². The Morgan fingerprint density at radius 3 is 2.48 bits per heavy atom. The summed E-state index contributed by atoms with van der Waals surface area (Å²) in [7, 11) is 1.66. The molecule has 0 aliphatic rings. The molecule has 2 amide bonds. The van der Waals surface area contributed by atoms with Crippen molar-refractivity contribution in [3.63, 3.8) is 0 Å². The highest BCUT2D eigenvalue weighted by Gasteiger charge is 2.24. The van der Waals surface area contributed by atoms with Gasteiger partial charge >= 0.3 is 0 Å². The summed E-state index contributed by atoms with van der Waals surface area (Å²) >= 11 is 0. The summed E-state index contributed by atoms with van der Waals surface area (Å²) in [6, 6.07) is 25.2. The molecule has 0 saturated heterocycles. The Bertz CT molecular complexity index is 1330. The summed E-state index contributed by atoms with van der Waals surface area (Å²) < 4.78 is 18.3. The second-order valence-corrected chi connectivity index (χ2v) is 9.47. The molecule has 0 radical (unpaired) electrons. The lowest BCUT2D eigenvalue weighted by molar-refractivity contribution is -0.133. The Labute approximate surface area is 235 Å². The number of amides is 2. The summed E-state index contributed by atoms with van der Waals surface area (Å²) in [5.74, 6) is 0.564. The third kappa shape index (κ3) is 8.10. The molecule has 2 heterocycles. The quantitative estimate of drug-likeness (QED) is 0.192. The third-order valence-corrected chi connectivity index (χ3v) is 6.60. The second kappa shape index (κ2) is 14.7. The molecule has 4 aromatic rings. The zero-order valence-corrected chi connectivity index (χ0v) is 23.2. The van der Waals surface area contributed by atoms with Gasteiger partial charge < -0.3 is 28.3 Å². The van der Waals surface area contributed by atoms with E-state index in [1.54, 1.807) is 29.0 Å². The maximum absolute atomic E-state index is 13.8. The van der Waals surface area contributed by atoms with Crippen LogP contribution in [-0.4, -0.2) is 59.6 Å². The largest absolute Gasteiger partial charge is 0.497 e. The van der Waals surface area contributed by atoms with Crippen LogP contribution in [0.5, 0.6) is 5.75 Å². The molecular weight excluding hydrogens is 506 g/mol. The minimum atomic E-state index is -0.309. The summed E-state index contributed by atoms with van der Waals surface area (Å²) in [6.45, 7) is 4.84. The fourth-order valence-corrected chi connectivity index (χ4v) is 4.52. The number of hydrogen-bond acceptors (Lipinski definition) is 5. The molecule has 0 aliphatic carbocycles. The highest BCUT2D eigenvalue weighted by molar-refractivity contribution is 5.94. The summed E-state index contributed by atoms with van der Waals surface area (Å²) in [6.07, 6.45) is 4.10. The third-order valence-electron chi connectivity index (χ3n) is 6.60. The van der Waals surface area contributed by atoms with Crippen molar-refractivity contribution in [3.05, 3.63) is 114 Å². The topological polar surface area (TPSA) is 77.1 Å². The van der Waals surface area contributed by atoms with Crippen LogP contribution in [0.3, 0.4) is 0 Å². The average molecular weight is 544 g/mol. The molecule has 0 spiro atoms. The van der Waals surface area contributed by atoms with Gasteiger partial charge in [0, 0.05) is 44.7 Å². The van der Waals surface area contributed by atoms with Crippen molar-refractivity contribution in [2.24, 2.45) is 0 Å². The van der Waals surface area contributed by atoms with Crippen molar-refractivity contribution in [2.45, 2.75) is 33.0 Å². The molecule has 0 fully saturated rings. The number of hydrogen-bond donors (Lipinski definition) is 0. The van der Waals surface area contributed by atoms with Gasteiger partial charge in [-0.25, -0.2) is 0 Å². The van der Waals surface area contributed by atoms with E-state index in [0.717, 1.165) is 22.6 Å². The molecule has 0 atom stereocenters. The molecule has 4 rings (SSSR count). The van der Waals surface area contributed by atoms with Crippen LogP contribution in [-0.2, 0) is 29.2 Å². The fraction of sp³-hybridized carbons (Fsp3) is 0.312. The van der Waals surface area contributed by atoms with Crippen LogP contribution in [0, 0.1) is 0 Å². The van der Waals surface area contributed by atoms with Crippen LogP contribution in [0.1, 0.15) is 40.7 Å². The minimum absolute atomic E-state index is 0.0604. The minimum Gasteiger partial charge on any atom is -0.497 e. The Hall–Kier alpha value is -4.30. The number of rotatable bonds is 15. The molecule has 210 valence electrons. The van der Waals surface area contributed by atoms with Crippen LogP contribution in [0.15, 0.2) is 95.7 Å². The average Bonchev–Trinajstić information content (AvgIpc) is 3.67. The first-order valence-electron chi connectivity index (χ1n) is 13.6. The molecule has 2 aromatic heterocycles. The van der Waals surface area contributed by atoms with Gasteiger partial charge in [0.05, 0.1) is 19.9 Å². The number of benzene rings is 2. The van der Waals surface area contributed by atoms with Crippen LogP contribution >= 0.6 is 0 Å². The highest BCUT2D eigenvalue weighted by atomic mass is 16.5. The molecule has 8 nitrogen and oxygen atoms in total. The van der Waals surface area contributed by atoms with Gasteiger partial charge in [-0.1, -0.05) is 42.5 Å². The first-order chi connectivity index (χ1) is 19.6. The van der Waals surface area contributed by atoms with Crippen molar-refractivity contribution >= 4 is 11.8 Å². The monoisotopic (exact) mass is 543 g/mol. The normalized spacial score (nSPS) is 10.8. The van der Waals surface area contributed by atoms with E-state index in [0.29, 0.717) is 45.8 Å². The summed E-state index contributed by atoms with van der Waals surface area (Å²) in [5.41, 5.74) is 3.11. The molecule has 0 bridgehead atoms. The number of nitrogens with zero attached hydrogens (tertiary/aromatic N) is 3. The molecule has 0 saturated carbocycles. The zero-order valence-electron chi connectivity index (χ0n) is 23.2. The van der Waals surface area contributed by atoms with E-state index in [-0.39, 0.29) is 24.1 Å². The van der Waals surface area contributed by atoms with Crippen molar-refractivity contribution in [3.8, 4) is 5.75 Å². The molecule has 8 heteroatoms. The van der Waals surface area contributed by atoms with E-state index in [9.17, 15) is 9.59 Å². The predicted octanol–water partition coefficient (Wildman–Crippen LogP) is 5.24. The van der Waals surface area contributed by atoms with Gasteiger partial charge in [0.1, 0.15) is 12.3 Å². The SMILES string of the molecule is CCOCCCN(CC(=O)N(Cc1ccccc1)Cc1cccn1Cc1cccc(OC)c1)C(=O)c1ccco1. The maximum atomic E-state index is 13.8. The van der Waals surface area contributed by atoms with Gasteiger partial charge in [-0.15, -0.1) is 0 Å². The Morgan fingerprint density at radius 2 is 1.73 bits per heavy atom. The molecule has 40 heavy (non-hydrogen) atoms. The first-order valence-corrected chi connectivity index (χ1v) is 13.6. The van der Waals surface area contributed by atoms with Crippen LogP contribution in [0.2, 0.25) is 0 Å². The van der Waals surface area contributed by atoms with Crippen LogP contribution in [0.25, 0.3) is 0 Å². The molecule has 2 aromatic carbocycles. The number of ether oxygens (including phenoxy) is 2. The van der Waals surface area contributed by atoms with E-state index in [2.05, 4.69) is 10.6 Å². The van der Waals surface area contributed by atoms with Crippen LogP contribution < -0.4 is 4.74 Å². The van der Waals surface area contributed by atoms with Gasteiger partial charge in [0.2, 0.25) is 5.91 Å². The van der Waals surface area contributed by atoms with Gasteiger partial charge in [-0.3, -0.25) is 9.59 Å². The summed E-state index contributed by atoms with van der Waals surface area (Å²) in [4.78, 5) is 30.4. The van der Waals surface area contributed by atoms with Gasteiger partial charge in [-0.2, -0.15) is 0 Å². The lowest BCUT2D eigenvalue weighted by atomic mass is 10.2. The number of methoxy groups -OCH3 is 1. The molecule has 0 unspecified atom stereocenters. The van der Waals surface area contributed by atoms with E-state index >= 15 is 0 Å². The zero-order chi connectivity index (χ0) is 28.2. The number of carbonyl (C=O) groups is 2. The smallest absolute Gasteiger partial charge is 0.290 e. The lowest BCUT2D eigenvalue weighted by Crippen LogP contribution is -2.43. The van der Waals surface area contributed by atoms with Gasteiger partial charge in [0.25, 0.3) is 5.91 Å². The Kier molecular flexibility index (Phi) is 10.6. The molecular formula is C32H37N3O5. The van der Waals surface area contributed by atoms with E-state index in [4.69, 9.17) is 13.9 Å². The molecule has 0 N–H and O–H groups in total.